The first kappa shape index (κ1) is 11.2. The fourth-order valence-corrected chi connectivity index (χ4v) is 1.44. The van der Waals surface area contributed by atoms with Crippen molar-refractivity contribution in [2.75, 3.05) is 11.9 Å². The van der Waals surface area contributed by atoms with Gasteiger partial charge in [0, 0.05) is 12.2 Å². The number of hydrogen-bond donors (Lipinski definition) is 1. The van der Waals surface area contributed by atoms with Crippen molar-refractivity contribution in [1.82, 2.24) is 0 Å². The molecule has 0 aromatic heterocycles. The summed E-state index contributed by atoms with van der Waals surface area (Å²) in [5.41, 5.74) is -0.895. The molecule has 16 heavy (non-hydrogen) atoms. The molecule has 0 saturated heterocycles. The van der Waals surface area contributed by atoms with Gasteiger partial charge in [0.15, 0.2) is 0 Å². The predicted octanol–water partition coefficient (Wildman–Crippen LogP) is 3.67. The number of halogens is 4. The fraction of sp³-hybridized carbons (Fsp3) is 0.455. The molecule has 0 unspecified atom stereocenters. The van der Waals surface area contributed by atoms with E-state index in [2.05, 4.69) is 5.32 Å². The van der Waals surface area contributed by atoms with Crippen LogP contribution in [0.15, 0.2) is 18.2 Å². The molecule has 0 bridgehead atoms. The van der Waals surface area contributed by atoms with E-state index < -0.39 is 17.6 Å². The van der Waals surface area contributed by atoms with Crippen LogP contribution in [0.1, 0.15) is 18.4 Å². The first-order valence-electron chi connectivity index (χ1n) is 5.07. The molecule has 0 amide bonds. The van der Waals surface area contributed by atoms with Crippen molar-refractivity contribution in [3.05, 3.63) is 29.6 Å². The quantitative estimate of drug-likeness (QED) is 0.785. The maximum atomic E-state index is 12.9. The van der Waals surface area contributed by atoms with Crippen LogP contribution >= 0.6 is 0 Å². The Kier molecular flexibility index (Phi) is 2.78. The van der Waals surface area contributed by atoms with Crippen molar-refractivity contribution in [1.29, 1.82) is 0 Å². The molecule has 0 atom stereocenters. The summed E-state index contributed by atoms with van der Waals surface area (Å²) in [6.07, 6.45) is -2.41. The molecule has 0 spiro atoms. The Morgan fingerprint density at radius 2 is 1.94 bits per heavy atom. The van der Waals surface area contributed by atoms with Crippen LogP contribution in [0.5, 0.6) is 0 Å². The smallest absolute Gasteiger partial charge is 0.385 e. The Balaban J connectivity index is 2.13. The van der Waals surface area contributed by atoms with Gasteiger partial charge >= 0.3 is 6.18 Å². The molecule has 1 saturated carbocycles. The van der Waals surface area contributed by atoms with E-state index in [0.29, 0.717) is 18.2 Å². The summed E-state index contributed by atoms with van der Waals surface area (Å²) in [5.74, 6) is -0.677. The van der Waals surface area contributed by atoms with E-state index in [-0.39, 0.29) is 0 Å². The number of benzene rings is 1. The molecule has 1 N–H and O–H groups in total. The van der Waals surface area contributed by atoms with Crippen LogP contribution in [0.3, 0.4) is 0 Å². The standard InChI is InChI=1S/C11H11F4N/c12-10-4-3-8(16-6-7-1-2-7)5-9(10)11(13,14)15/h3-5,7,16H,1-2,6H2. The summed E-state index contributed by atoms with van der Waals surface area (Å²) >= 11 is 0. The number of anilines is 1. The molecule has 0 radical (unpaired) electrons. The fourth-order valence-electron chi connectivity index (χ4n) is 1.44. The van der Waals surface area contributed by atoms with Crippen LogP contribution < -0.4 is 5.32 Å². The van der Waals surface area contributed by atoms with Crippen molar-refractivity contribution < 1.29 is 17.6 Å². The van der Waals surface area contributed by atoms with Gasteiger partial charge in [0.05, 0.1) is 5.56 Å². The van der Waals surface area contributed by atoms with E-state index >= 15 is 0 Å². The van der Waals surface area contributed by atoms with Gasteiger partial charge < -0.3 is 5.32 Å². The van der Waals surface area contributed by atoms with E-state index in [9.17, 15) is 17.6 Å². The normalized spacial score (nSPS) is 16.2. The number of alkyl halides is 3. The average Bonchev–Trinajstić information content (AvgIpc) is 2.98. The van der Waals surface area contributed by atoms with Crippen molar-refractivity contribution in [2.24, 2.45) is 5.92 Å². The van der Waals surface area contributed by atoms with Crippen LogP contribution in [0.2, 0.25) is 0 Å². The molecule has 1 aromatic rings. The molecule has 2 rings (SSSR count). The van der Waals surface area contributed by atoms with Gasteiger partial charge in [0.1, 0.15) is 5.82 Å². The highest BCUT2D eigenvalue weighted by molar-refractivity contribution is 5.47. The molecule has 0 heterocycles. The summed E-state index contributed by atoms with van der Waals surface area (Å²) in [6, 6.07) is 2.99. The van der Waals surface area contributed by atoms with Crippen molar-refractivity contribution >= 4 is 5.69 Å². The SMILES string of the molecule is Fc1ccc(NCC2CC2)cc1C(F)(F)F. The first-order valence-corrected chi connectivity index (χ1v) is 5.07. The van der Waals surface area contributed by atoms with E-state index in [1.54, 1.807) is 0 Å². The van der Waals surface area contributed by atoms with Crippen LogP contribution in [0, 0.1) is 11.7 Å². The second kappa shape index (κ2) is 3.96. The molecule has 88 valence electrons. The maximum absolute atomic E-state index is 12.9. The maximum Gasteiger partial charge on any atom is 0.419 e. The van der Waals surface area contributed by atoms with Gasteiger partial charge in [-0.15, -0.1) is 0 Å². The Morgan fingerprint density at radius 1 is 1.25 bits per heavy atom. The van der Waals surface area contributed by atoms with Gasteiger partial charge in [-0.25, -0.2) is 4.39 Å². The molecule has 1 aliphatic carbocycles. The van der Waals surface area contributed by atoms with Gasteiger partial charge in [0.2, 0.25) is 0 Å². The Morgan fingerprint density at radius 3 is 2.50 bits per heavy atom. The Hall–Kier alpha value is -1.26. The highest BCUT2D eigenvalue weighted by Gasteiger charge is 2.34. The molecule has 1 fully saturated rings. The lowest BCUT2D eigenvalue weighted by Gasteiger charge is -2.11. The first-order chi connectivity index (χ1) is 7.47. The molecule has 0 aliphatic heterocycles. The van der Waals surface area contributed by atoms with E-state index in [4.69, 9.17) is 0 Å². The minimum atomic E-state index is -4.64. The highest BCUT2D eigenvalue weighted by atomic mass is 19.4. The van der Waals surface area contributed by atoms with Gasteiger partial charge in [-0.3, -0.25) is 0 Å². The summed E-state index contributed by atoms with van der Waals surface area (Å²) in [6.45, 7) is 0.656. The van der Waals surface area contributed by atoms with Gasteiger partial charge in [-0.2, -0.15) is 13.2 Å². The average molecular weight is 233 g/mol. The summed E-state index contributed by atoms with van der Waals surface area (Å²) in [5, 5.41) is 2.88. The van der Waals surface area contributed by atoms with Gasteiger partial charge in [-0.1, -0.05) is 0 Å². The monoisotopic (exact) mass is 233 g/mol. The molecular formula is C11H11F4N. The molecular weight excluding hydrogens is 222 g/mol. The summed E-state index contributed by atoms with van der Waals surface area (Å²) in [7, 11) is 0. The minimum Gasteiger partial charge on any atom is -0.385 e. The number of hydrogen-bond acceptors (Lipinski definition) is 1. The zero-order valence-electron chi connectivity index (χ0n) is 8.44. The van der Waals surface area contributed by atoms with Crippen LogP contribution in [0.25, 0.3) is 0 Å². The van der Waals surface area contributed by atoms with Gasteiger partial charge in [-0.05, 0) is 37.0 Å². The van der Waals surface area contributed by atoms with Crippen molar-refractivity contribution in [3.8, 4) is 0 Å². The largest absolute Gasteiger partial charge is 0.419 e. The second-order valence-electron chi connectivity index (χ2n) is 4.02. The third-order valence-corrected chi connectivity index (χ3v) is 2.56. The lowest BCUT2D eigenvalue weighted by Crippen LogP contribution is -2.10. The third kappa shape index (κ3) is 2.65. The van der Waals surface area contributed by atoms with Gasteiger partial charge in [0.25, 0.3) is 0 Å². The van der Waals surface area contributed by atoms with E-state index in [0.717, 1.165) is 25.0 Å². The third-order valence-electron chi connectivity index (χ3n) is 2.56. The Bertz CT molecular complexity index is 382. The molecule has 1 nitrogen and oxygen atoms in total. The lowest BCUT2D eigenvalue weighted by atomic mass is 10.2. The Labute approximate surface area is 90.5 Å². The lowest BCUT2D eigenvalue weighted by molar-refractivity contribution is -0.139. The second-order valence-corrected chi connectivity index (χ2v) is 4.02. The van der Waals surface area contributed by atoms with E-state index in [1.165, 1.54) is 6.07 Å². The summed E-state index contributed by atoms with van der Waals surface area (Å²) in [4.78, 5) is 0. The van der Waals surface area contributed by atoms with Crippen molar-refractivity contribution in [2.45, 2.75) is 19.0 Å². The molecule has 1 aromatic carbocycles. The minimum absolute atomic E-state index is 0.320. The van der Waals surface area contributed by atoms with Crippen LogP contribution in [0.4, 0.5) is 23.2 Å². The summed E-state index contributed by atoms with van der Waals surface area (Å²) < 4.78 is 50.0. The van der Waals surface area contributed by atoms with Crippen molar-refractivity contribution in [3.63, 3.8) is 0 Å². The predicted molar refractivity (Wildman–Crippen MR) is 52.6 cm³/mol. The van der Waals surface area contributed by atoms with Crippen LogP contribution in [-0.4, -0.2) is 6.54 Å². The zero-order chi connectivity index (χ0) is 11.8. The number of nitrogens with one attached hydrogen (secondary N) is 1. The number of rotatable bonds is 3. The van der Waals surface area contributed by atoms with E-state index in [1.807, 2.05) is 0 Å². The van der Waals surface area contributed by atoms with Crippen LogP contribution in [-0.2, 0) is 6.18 Å². The topological polar surface area (TPSA) is 12.0 Å². The molecule has 5 heteroatoms. The molecule has 1 aliphatic rings. The highest BCUT2D eigenvalue weighted by Crippen LogP contribution is 2.34. The zero-order valence-corrected chi connectivity index (χ0v) is 8.44.